The first kappa shape index (κ1) is 15.8. The van der Waals surface area contributed by atoms with Crippen molar-refractivity contribution in [1.29, 1.82) is 0 Å². The summed E-state index contributed by atoms with van der Waals surface area (Å²) in [6.45, 7) is 2.42. The molecule has 0 heterocycles. The molecule has 0 bridgehead atoms. The lowest BCUT2D eigenvalue weighted by Crippen LogP contribution is -2.28. The zero-order valence-corrected chi connectivity index (χ0v) is 10.4. The number of hydrogen-bond acceptors (Lipinski definition) is 4. The Morgan fingerprint density at radius 1 is 0.938 bits per heavy atom. The van der Waals surface area contributed by atoms with E-state index in [1.807, 2.05) is 0 Å². The van der Waals surface area contributed by atoms with Crippen LogP contribution in [0.5, 0.6) is 0 Å². The maximum atomic E-state index is 11.0. The highest BCUT2D eigenvalue weighted by Crippen LogP contribution is 2.08. The molecule has 0 fully saturated rings. The fourth-order valence-electron chi connectivity index (χ4n) is 1.70. The van der Waals surface area contributed by atoms with E-state index < -0.39 is 6.29 Å². The summed E-state index contributed by atoms with van der Waals surface area (Å²) in [5.74, 6) is 0. The van der Waals surface area contributed by atoms with Gasteiger partial charge in [-0.3, -0.25) is 0 Å². The molecule has 0 aliphatic heterocycles. The van der Waals surface area contributed by atoms with Gasteiger partial charge in [0.25, 0.3) is 0 Å². The van der Waals surface area contributed by atoms with Crippen molar-refractivity contribution in [2.24, 2.45) is 0 Å². The maximum absolute atomic E-state index is 11.0. The molecule has 16 heavy (non-hydrogen) atoms. The monoisotopic (exact) mass is 232 g/mol. The van der Waals surface area contributed by atoms with Crippen LogP contribution in [-0.2, 0) is 0 Å². The molecule has 0 aromatic rings. The van der Waals surface area contributed by atoms with Crippen molar-refractivity contribution < 1.29 is 10.2 Å². The molecule has 0 atom stereocenters. The number of aliphatic hydroxyl groups excluding tert-OH is 1. The first-order chi connectivity index (χ1) is 7.66. The van der Waals surface area contributed by atoms with Crippen LogP contribution in [0.1, 0.15) is 58.3 Å². The first-order valence-corrected chi connectivity index (χ1v) is 6.45. The number of hydrogen-bond donors (Lipinski definition) is 2. The quantitative estimate of drug-likeness (QED) is 0.326. The third kappa shape index (κ3) is 11.9. The molecule has 0 spiro atoms. The van der Waals surface area contributed by atoms with E-state index in [4.69, 9.17) is 10.2 Å². The third-order valence-corrected chi connectivity index (χ3v) is 2.63. The van der Waals surface area contributed by atoms with E-state index in [0.717, 1.165) is 17.9 Å². The molecule has 0 aliphatic carbocycles. The number of hydroxylamine groups is 2. The molecule has 0 saturated heterocycles. The second kappa shape index (κ2) is 11.3. The summed E-state index contributed by atoms with van der Waals surface area (Å²) in [5, 5.41) is 28.9. The number of nitrogens with zero attached hydrogens (tertiary/aromatic N) is 1. The number of unbranched alkanes of at least 4 members (excludes halogenated alkanes) is 7. The van der Waals surface area contributed by atoms with Gasteiger partial charge in [0, 0.05) is 6.54 Å². The molecule has 0 saturated carbocycles. The summed E-state index contributed by atoms with van der Waals surface area (Å²) in [4.78, 5) is 0. The average Bonchev–Trinajstić information content (AvgIpc) is 2.21. The first-order valence-electron chi connectivity index (χ1n) is 6.45. The summed E-state index contributed by atoms with van der Waals surface area (Å²) >= 11 is 0. The van der Waals surface area contributed by atoms with Crippen LogP contribution in [0.3, 0.4) is 0 Å². The van der Waals surface area contributed by atoms with Crippen molar-refractivity contribution in [3.63, 3.8) is 0 Å². The Morgan fingerprint density at radius 2 is 1.44 bits per heavy atom. The SMILES string of the molecule is CCCCCCCCCCN([O-])CC(O)O. The van der Waals surface area contributed by atoms with E-state index in [1.54, 1.807) is 0 Å². The normalized spacial score (nSPS) is 11.6. The Morgan fingerprint density at radius 3 is 1.94 bits per heavy atom. The summed E-state index contributed by atoms with van der Waals surface area (Å²) in [5.41, 5.74) is 0. The van der Waals surface area contributed by atoms with Crippen LogP contribution < -0.4 is 0 Å². The third-order valence-electron chi connectivity index (χ3n) is 2.63. The zero-order valence-electron chi connectivity index (χ0n) is 10.4. The van der Waals surface area contributed by atoms with Crippen LogP contribution in [0.4, 0.5) is 0 Å². The van der Waals surface area contributed by atoms with Crippen molar-refractivity contribution in [3.05, 3.63) is 5.21 Å². The smallest absolute Gasteiger partial charge is 0.163 e. The predicted octanol–water partition coefficient (Wildman–Crippen LogP) is 2.24. The van der Waals surface area contributed by atoms with Gasteiger partial charge in [-0.15, -0.1) is 0 Å². The Labute approximate surface area is 98.9 Å². The highest BCUT2D eigenvalue weighted by molar-refractivity contribution is 4.58. The minimum atomic E-state index is -1.51. The molecular formula is C12H26NO3-. The molecule has 98 valence electrons. The van der Waals surface area contributed by atoms with Gasteiger partial charge in [0.1, 0.15) is 0 Å². The highest BCUT2D eigenvalue weighted by atomic mass is 16.5. The van der Waals surface area contributed by atoms with Crippen molar-refractivity contribution in [2.45, 2.75) is 64.6 Å². The van der Waals surface area contributed by atoms with Crippen LogP contribution in [0.2, 0.25) is 0 Å². The molecule has 0 radical (unpaired) electrons. The lowest BCUT2D eigenvalue weighted by Gasteiger charge is -2.28. The molecule has 4 nitrogen and oxygen atoms in total. The van der Waals surface area contributed by atoms with Gasteiger partial charge >= 0.3 is 0 Å². The van der Waals surface area contributed by atoms with Gasteiger partial charge in [0.05, 0.1) is 0 Å². The fraction of sp³-hybridized carbons (Fsp3) is 1.00. The Kier molecular flexibility index (Phi) is 11.2. The lowest BCUT2D eigenvalue weighted by atomic mass is 10.1. The Hall–Kier alpha value is -0.160. The van der Waals surface area contributed by atoms with Crippen molar-refractivity contribution in [1.82, 2.24) is 5.06 Å². The van der Waals surface area contributed by atoms with E-state index in [9.17, 15) is 5.21 Å². The van der Waals surface area contributed by atoms with Gasteiger partial charge in [-0.2, -0.15) is 0 Å². The summed E-state index contributed by atoms with van der Waals surface area (Å²) in [6.07, 6.45) is 8.05. The van der Waals surface area contributed by atoms with Gasteiger partial charge in [-0.05, 0) is 13.0 Å². The van der Waals surface area contributed by atoms with E-state index in [0.29, 0.717) is 6.54 Å². The highest BCUT2D eigenvalue weighted by Gasteiger charge is 1.98. The Bertz CT molecular complexity index is 142. The fourth-order valence-corrected chi connectivity index (χ4v) is 1.70. The molecule has 0 amide bonds. The summed E-state index contributed by atoms with van der Waals surface area (Å²) in [7, 11) is 0. The van der Waals surface area contributed by atoms with E-state index in [1.165, 1.54) is 38.5 Å². The maximum Gasteiger partial charge on any atom is 0.163 e. The summed E-state index contributed by atoms with van der Waals surface area (Å²) in [6, 6.07) is 0. The molecular weight excluding hydrogens is 206 g/mol. The molecule has 0 aromatic heterocycles. The summed E-state index contributed by atoms with van der Waals surface area (Å²) < 4.78 is 0. The topological polar surface area (TPSA) is 66.8 Å². The van der Waals surface area contributed by atoms with Crippen LogP contribution >= 0.6 is 0 Å². The molecule has 2 N–H and O–H groups in total. The second-order valence-corrected chi connectivity index (χ2v) is 4.34. The lowest BCUT2D eigenvalue weighted by molar-refractivity contribution is -0.0542. The van der Waals surface area contributed by atoms with Gasteiger partial charge in [0.15, 0.2) is 6.29 Å². The molecule has 0 aromatic carbocycles. The van der Waals surface area contributed by atoms with Crippen molar-refractivity contribution in [3.8, 4) is 0 Å². The van der Waals surface area contributed by atoms with Gasteiger partial charge < -0.3 is 20.5 Å². The van der Waals surface area contributed by atoms with Gasteiger partial charge in [-0.1, -0.05) is 51.9 Å². The van der Waals surface area contributed by atoms with Crippen LogP contribution in [0.25, 0.3) is 0 Å². The number of rotatable bonds is 11. The number of aliphatic hydroxyl groups is 2. The molecule has 0 rings (SSSR count). The molecule has 0 unspecified atom stereocenters. The Balaban J connectivity index is 3.08. The minimum Gasteiger partial charge on any atom is -0.785 e. The van der Waals surface area contributed by atoms with Crippen LogP contribution in [0, 0.1) is 5.21 Å². The largest absolute Gasteiger partial charge is 0.785 e. The average molecular weight is 232 g/mol. The van der Waals surface area contributed by atoms with Crippen LogP contribution in [-0.4, -0.2) is 34.7 Å². The van der Waals surface area contributed by atoms with Gasteiger partial charge in [-0.25, -0.2) is 0 Å². The zero-order chi connectivity index (χ0) is 12.2. The van der Waals surface area contributed by atoms with E-state index in [2.05, 4.69) is 6.92 Å². The van der Waals surface area contributed by atoms with Crippen molar-refractivity contribution >= 4 is 0 Å². The second-order valence-electron chi connectivity index (χ2n) is 4.34. The van der Waals surface area contributed by atoms with Crippen LogP contribution in [0.15, 0.2) is 0 Å². The van der Waals surface area contributed by atoms with Gasteiger partial charge in [0.2, 0.25) is 0 Å². The predicted molar refractivity (Wildman–Crippen MR) is 65.8 cm³/mol. The minimum absolute atomic E-state index is 0.198. The molecule has 0 aliphatic rings. The standard InChI is InChI=1S/C12H26NO3/c1-2-3-4-5-6-7-8-9-10-13(16)11-12(14)15/h12,14-15H,2-11H2,1H3/q-1. The van der Waals surface area contributed by atoms with E-state index in [-0.39, 0.29) is 6.54 Å². The van der Waals surface area contributed by atoms with Crippen molar-refractivity contribution in [2.75, 3.05) is 13.1 Å². The van der Waals surface area contributed by atoms with E-state index >= 15 is 0 Å². The molecule has 4 heteroatoms.